The zero-order valence-corrected chi connectivity index (χ0v) is 14.3. The Hall–Kier alpha value is -2.24. The number of hydrogen-bond acceptors (Lipinski definition) is 3. The maximum Gasteiger partial charge on any atom is 0.140 e. The lowest BCUT2D eigenvalue weighted by Crippen LogP contribution is -2.24. The number of benzene rings is 2. The van der Waals surface area contributed by atoms with Gasteiger partial charge in [-0.1, -0.05) is 41.9 Å². The summed E-state index contributed by atoms with van der Waals surface area (Å²) in [6, 6.07) is 12.6. The fraction of sp³-hybridized carbons (Fsp3) is 0.222. The van der Waals surface area contributed by atoms with Crippen LogP contribution in [0.3, 0.4) is 0 Å². The van der Waals surface area contributed by atoms with Crippen LogP contribution in [0, 0.1) is 12.7 Å². The van der Waals surface area contributed by atoms with Gasteiger partial charge < -0.3 is 0 Å². The van der Waals surface area contributed by atoms with Crippen molar-refractivity contribution >= 4 is 11.6 Å². The molecule has 0 amide bonds. The highest BCUT2D eigenvalue weighted by molar-refractivity contribution is 6.31. The molecule has 0 unspecified atom stereocenters. The molecule has 0 spiro atoms. The standard InChI is InChI=1S/C18H18ClFN4/c1-12-9-13(7-8-16(12)20)18(14-5-3-4-6-15(14)19)21-10-17-22-11-23-24(17)2/h3-9,11,18,21H,10H2,1-2H3/t18-/m1/s1. The molecule has 0 fully saturated rings. The summed E-state index contributed by atoms with van der Waals surface area (Å²) in [6.45, 7) is 2.27. The van der Waals surface area contributed by atoms with Crippen LogP contribution in [0.25, 0.3) is 0 Å². The van der Waals surface area contributed by atoms with Crippen LogP contribution in [0.1, 0.15) is 28.6 Å². The molecule has 0 aliphatic carbocycles. The lowest BCUT2D eigenvalue weighted by molar-refractivity contribution is 0.559. The van der Waals surface area contributed by atoms with Crippen LogP contribution in [0.4, 0.5) is 4.39 Å². The molecular formula is C18H18ClFN4. The average molecular weight is 345 g/mol. The molecule has 6 heteroatoms. The molecule has 0 radical (unpaired) electrons. The van der Waals surface area contributed by atoms with Gasteiger partial charge in [0.15, 0.2) is 0 Å². The Balaban J connectivity index is 1.95. The van der Waals surface area contributed by atoms with Crippen LogP contribution in [-0.4, -0.2) is 14.8 Å². The van der Waals surface area contributed by atoms with E-state index in [0.29, 0.717) is 17.1 Å². The van der Waals surface area contributed by atoms with Gasteiger partial charge in [0.2, 0.25) is 0 Å². The molecule has 0 aliphatic rings. The minimum absolute atomic E-state index is 0.172. The number of rotatable bonds is 5. The van der Waals surface area contributed by atoms with Gasteiger partial charge in [-0.15, -0.1) is 0 Å². The van der Waals surface area contributed by atoms with E-state index in [2.05, 4.69) is 15.4 Å². The molecular weight excluding hydrogens is 327 g/mol. The van der Waals surface area contributed by atoms with E-state index in [1.54, 1.807) is 17.7 Å². The lowest BCUT2D eigenvalue weighted by atomic mass is 9.97. The molecule has 0 saturated heterocycles. The minimum atomic E-state index is -0.218. The second-order valence-corrected chi connectivity index (χ2v) is 6.05. The van der Waals surface area contributed by atoms with Crippen molar-refractivity contribution in [3.8, 4) is 0 Å². The van der Waals surface area contributed by atoms with Gasteiger partial charge >= 0.3 is 0 Å². The summed E-state index contributed by atoms with van der Waals surface area (Å²) in [5.74, 6) is 0.593. The molecule has 4 nitrogen and oxygen atoms in total. The van der Waals surface area contributed by atoms with Gasteiger partial charge in [-0.3, -0.25) is 10.00 Å². The van der Waals surface area contributed by atoms with Crippen LogP contribution < -0.4 is 5.32 Å². The Morgan fingerprint density at radius 2 is 2.04 bits per heavy atom. The Morgan fingerprint density at radius 3 is 2.71 bits per heavy atom. The number of aryl methyl sites for hydroxylation is 2. The number of halogens is 2. The van der Waals surface area contributed by atoms with Crippen molar-refractivity contribution in [2.45, 2.75) is 19.5 Å². The largest absolute Gasteiger partial charge is 0.299 e. The highest BCUT2D eigenvalue weighted by Crippen LogP contribution is 2.29. The molecule has 24 heavy (non-hydrogen) atoms. The van der Waals surface area contributed by atoms with E-state index >= 15 is 0 Å². The van der Waals surface area contributed by atoms with E-state index in [9.17, 15) is 4.39 Å². The van der Waals surface area contributed by atoms with Crippen molar-refractivity contribution in [3.63, 3.8) is 0 Å². The normalized spacial score (nSPS) is 12.3. The summed E-state index contributed by atoms with van der Waals surface area (Å²) in [5, 5.41) is 8.19. The zero-order valence-electron chi connectivity index (χ0n) is 13.5. The monoisotopic (exact) mass is 344 g/mol. The third kappa shape index (κ3) is 3.47. The molecule has 2 aromatic carbocycles. The molecule has 0 saturated carbocycles. The van der Waals surface area contributed by atoms with E-state index in [4.69, 9.17) is 11.6 Å². The Labute approximate surface area is 145 Å². The Kier molecular flexibility index (Phi) is 4.92. The smallest absolute Gasteiger partial charge is 0.140 e. The SMILES string of the molecule is Cc1cc([C@@H](NCc2ncnn2C)c2ccccc2Cl)ccc1F. The van der Waals surface area contributed by atoms with Crippen molar-refractivity contribution < 1.29 is 4.39 Å². The van der Waals surface area contributed by atoms with Crippen LogP contribution >= 0.6 is 11.6 Å². The summed E-state index contributed by atoms with van der Waals surface area (Å²) in [4.78, 5) is 4.23. The van der Waals surface area contributed by atoms with E-state index in [1.807, 2.05) is 37.4 Å². The van der Waals surface area contributed by atoms with E-state index in [1.165, 1.54) is 12.4 Å². The highest BCUT2D eigenvalue weighted by Gasteiger charge is 2.18. The number of hydrogen-bond donors (Lipinski definition) is 1. The van der Waals surface area contributed by atoms with E-state index < -0.39 is 0 Å². The average Bonchev–Trinajstić information content (AvgIpc) is 2.97. The first kappa shape index (κ1) is 16.6. The van der Waals surface area contributed by atoms with Crippen molar-refractivity contribution in [1.29, 1.82) is 0 Å². The van der Waals surface area contributed by atoms with Crippen LogP contribution in [0.5, 0.6) is 0 Å². The summed E-state index contributed by atoms with van der Waals surface area (Å²) in [6.07, 6.45) is 1.52. The summed E-state index contributed by atoms with van der Waals surface area (Å²) >= 11 is 6.38. The maximum atomic E-state index is 13.6. The zero-order chi connectivity index (χ0) is 17.1. The van der Waals surface area contributed by atoms with Gasteiger partial charge in [-0.05, 0) is 35.7 Å². The Bertz CT molecular complexity index is 847. The van der Waals surface area contributed by atoms with Crippen molar-refractivity contribution in [2.75, 3.05) is 0 Å². The molecule has 1 heterocycles. The second-order valence-electron chi connectivity index (χ2n) is 5.64. The fourth-order valence-corrected chi connectivity index (χ4v) is 2.88. The topological polar surface area (TPSA) is 42.7 Å². The number of nitrogens with one attached hydrogen (secondary N) is 1. The van der Waals surface area contributed by atoms with Gasteiger partial charge in [0.05, 0.1) is 12.6 Å². The third-order valence-electron chi connectivity index (χ3n) is 4.00. The predicted octanol–water partition coefficient (Wildman–Crippen LogP) is 3.80. The summed E-state index contributed by atoms with van der Waals surface area (Å²) in [7, 11) is 1.84. The van der Waals surface area contributed by atoms with E-state index in [0.717, 1.165) is 17.0 Å². The van der Waals surface area contributed by atoms with Gasteiger partial charge in [0.1, 0.15) is 18.0 Å². The van der Waals surface area contributed by atoms with Crippen LogP contribution in [-0.2, 0) is 13.6 Å². The van der Waals surface area contributed by atoms with Crippen molar-refractivity contribution in [2.24, 2.45) is 7.05 Å². The van der Waals surface area contributed by atoms with Gasteiger partial charge in [0, 0.05) is 12.1 Å². The molecule has 1 N–H and O–H groups in total. The summed E-state index contributed by atoms with van der Waals surface area (Å²) in [5.41, 5.74) is 2.49. The molecule has 3 rings (SSSR count). The predicted molar refractivity (Wildman–Crippen MR) is 92.3 cm³/mol. The maximum absolute atomic E-state index is 13.6. The van der Waals surface area contributed by atoms with Gasteiger partial charge in [0.25, 0.3) is 0 Å². The van der Waals surface area contributed by atoms with Crippen LogP contribution in [0.2, 0.25) is 5.02 Å². The number of aromatic nitrogens is 3. The first-order valence-electron chi connectivity index (χ1n) is 7.63. The molecule has 1 aromatic heterocycles. The molecule has 3 aromatic rings. The van der Waals surface area contributed by atoms with Gasteiger partial charge in [-0.2, -0.15) is 5.10 Å². The van der Waals surface area contributed by atoms with Crippen molar-refractivity contribution in [3.05, 3.63) is 82.1 Å². The highest BCUT2D eigenvalue weighted by atomic mass is 35.5. The molecule has 0 bridgehead atoms. The van der Waals surface area contributed by atoms with Crippen molar-refractivity contribution in [1.82, 2.24) is 20.1 Å². The second kappa shape index (κ2) is 7.11. The number of nitrogens with zero attached hydrogens (tertiary/aromatic N) is 3. The first-order valence-corrected chi connectivity index (χ1v) is 8.01. The fourth-order valence-electron chi connectivity index (χ4n) is 2.64. The molecule has 124 valence electrons. The van der Waals surface area contributed by atoms with Gasteiger partial charge in [-0.25, -0.2) is 9.37 Å². The molecule has 1 atom stereocenters. The summed E-state index contributed by atoms with van der Waals surface area (Å²) < 4.78 is 15.4. The lowest BCUT2D eigenvalue weighted by Gasteiger charge is -2.21. The Morgan fingerprint density at radius 1 is 1.25 bits per heavy atom. The van der Waals surface area contributed by atoms with E-state index in [-0.39, 0.29) is 11.9 Å². The quantitative estimate of drug-likeness (QED) is 0.765. The molecule has 0 aliphatic heterocycles. The first-order chi connectivity index (χ1) is 11.6. The minimum Gasteiger partial charge on any atom is -0.299 e. The van der Waals surface area contributed by atoms with Crippen LogP contribution in [0.15, 0.2) is 48.8 Å². The third-order valence-corrected chi connectivity index (χ3v) is 4.35.